The topological polar surface area (TPSA) is 123 Å². The summed E-state index contributed by atoms with van der Waals surface area (Å²) < 4.78 is 20.4. The fourth-order valence-electron chi connectivity index (χ4n) is 2.71. The van der Waals surface area contributed by atoms with Crippen molar-refractivity contribution in [2.24, 2.45) is 0 Å². The minimum atomic E-state index is -1.37. The lowest BCUT2D eigenvalue weighted by Crippen LogP contribution is -2.34. The van der Waals surface area contributed by atoms with Crippen LogP contribution in [0.25, 0.3) is 11.2 Å². The fraction of sp³-hybridized carbons (Fsp3) is 0.562. The molecule has 1 aliphatic carbocycles. The number of nitrogens with two attached hydrogens (primary N) is 1. The predicted octanol–water partition coefficient (Wildman–Crippen LogP) is -0.153. The number of aromatic nitrogens is 4. The number of halogens is 1. The van der Waals surface area contributed by atoms with Crippen molar-refractivity contribution in [3.8, 4) is 12.3 Å². The van der Waals surface area contributed by atoms with E-state index in [9.17, 15) is 14.6 Å². The maximum absolute atomic E-state index is 13.6. The zero-order chi connectivity index (χ0) is 18.8. The molecule has 0 radical (unpaired) electrons. The molecule has 3 atom stereocenters. The van der Waals surface area contributed by atoms with Gasteiger partial charge >= 0.3 is 0 Å². The third-order valence-electron chi connectivity index (χ3n) is 4.33. The maximum Gasteiger partial charge on any atom is 0.224 e. The Morgan fingerprint density at radius 1 is 1.54 bits per heavy atom. The molecule has 26 heavy (non-hydrogen) atoms. The minimum Gasteiger partial charge on any atom is -0.394 e. The number of aliphatic hydroxyl groups excluding tert-OH is 2. The molecule has 10 heteroatoms. The van der Waals surface area contributed by atoms with E-state index in [0.717, 1.165) is 12.8 Å². The first-order valence-corrected chi connectivity index (χ1v) is 8.19. The summed E-state index contributed by atoms with van der Waals surface area (Å²) in [4.78, 5) is 14.7. The molecule has 2 heterocycles. The van der Waals surface area contributed by atoms with E-state index in [1.165, 1.54) is 10.9 Å². The van der Waals surface area contributed by atoms with Gasteiger partial charge in [0.05, 0.1) is 12.9 Å². The number of ether oxygens (including phenoxy) is 1. The van der Waals surface area contributed by atoms with Crippen LogP contribution in [-0.4, -0.2) is 68.3 Å². The standard InChI is InChI=1S/C16H21FN6O3/c1-3-10(25)11(7-24)26-12(6-17)23-8-19-13-14(22(2)9-4-5-9)20-16(18)21-15(13)23/h1,8-12,24-25H,4-7H2,2H3,(H2,18,20,21)/t10-,11+,12+/m0/s1. The van der Waals surface area contributed by atoms with Gasteiger partial charge in [-0.15, -0.1) is 6.42 Å². The Balaban J connectivity index is 1.97. The maximum atomic E-state index is 13.6. The number of anilines is 2. The van der Waals surface area contributed by atoms with Gasteiger partial charge in [-0.3, -0.25) is 4.57 Å². The number of hydrogen-bond donors (Lipinski definition) is 3. The monoisotopic (exact) mass is 364 g/mol. The summed E-state index contributed by atoms with van der Waals surface area (Å²) in [5.74, 6) is 2.64. The van der Waals surface area contributed by atoms with Gasteiger partial charge < -0.3 is 25.6 Å². The molecule has 0 bridgehead atoms. The molecular weight excluding hydrogens is 343 g/mol. The van der Waals surface area contributed by atoms with Gasteiger partial charge in [0.25, 0.3) is 0 Å². The second-order valence-corrected chi connectivity index (χ2v) is 6.15. The zero-order valence-electron chi connectivity index (χ0n) is 14.3. The molecule has 140 valence electrons. The Morgan fingerprint density at radius 3 is 2.85 bits per heavy atom. The first-order valence-electron chi connectivity index (χ1n) is 8.19. The van der Waals surface area contributed by atoms with Gasteiger partial charge in [0.2, 0.25) is 5.95 Å². The normalized spacial score (nSPS) is 17.7. The van der Waals surface area contributed by atoms with Crippen molar-refractivity contribution in [3.05, 3.63) is 6.33 Å². The molecule has 3 rings (SSSR count). The number of terminal acetylenes is 1. The van der Waals surface area contributed by atoms with Crippen LogP contribution in [0.4, 0.5) is 16.2 Å². The van der Waals surface area contributed by atoms with Crippen molar-refractivity contribution in [3.63, 3.8) is 0 Å². The van der Waals surface area contributed by atoms with Crippen molar-refractivity contribution in [1.82, 2.24) is 19.5 Å². The van der Waals surface area contributed by atoms with Crippen LogP contribution in [0.1, 0.15) is 19.1 Å². The van der Waals surface area contributed by atoms with E-state index in [4.69, 9.17) is 16.9 Å². The molecule has 0 unspecified atom stereocenters. The van der Waals surface area contributed by atoms with Gasteiger partial charge in [-0.05, 0) is 12.8 Å². The van der Waals surface area contributed by atoms with Crippen LogP contribution in [0.15, 0.2) is 6.33 Å². The highest BCUT2D eigenvalue weighted by Gasteiger charge is 2.31. The van der Waals surface area contributed by atoms with Crippen molar-refractivity contribution in [2.45, 2.75) is 37.3 Å². The largest absolute Gasteiger partial charge is 0.394 e. The molecular formula is C16H21FN6O3. The van der Waals surface area contributed by atoms with Gasteiger partial charge in [-0.1, -0.05) is 5.92 Å². The third kappa shape index (κ3) is 3.41. The molecule has 0 spiro atoms. The van der Waals surface area contributed by atoms with Crippen LogP contribution in [0, 0.1) is 12.3 Å². The highest BCUT2D eigenvalue weighted by atomic mass is 19.1. The zero-order valence-corrected chi connectivity index (χ0v) is 14.3. The van der Waals surface area contributed by atoms with Gasteiger partial charge in [-0.25, -0.2) is 9.37 Å². The molecule has 1 saturated carbocycles. The minimum absolute atomic E-state index is 0.0294. The van der Waals surface area contributed by atoms with Crippen molar-refractivity contribution < 1.29 is 19.3 Å². The van der Waals surface area contributed by atoms with Crippen LogP contribution in [0.2, 0.25) is 0 Å². The number of imidazole rings is 1. The number of nitrogens with zero attached hydrogens (tertiary/aromatic N) is 5. The van der Waals surface area contributed by atoms with Crippen molar-refractivity contribution >= 4 is 22.9 Å². The van der Waals surface area contributed by atoms with E-state index in [2.05, 4.69) is 20.9 Å². The summed E-state index contributed by atoms with van der Waals surface area (Å²) >= 11 is 0. The molecule has 9 nitrogen and oxygen atoms in total. The first kappa shape index (κ1) is 18.3. The molecule has 1 aliphatic rings. The number of nitrogen functional groups attached to an aromatic ring is 1. The van der Waals surface area contributed by atoms with E-state index >= 15 is 0 Å². The molecule has 1 fully saturated rings. The van der Waals surface area contributed by atoms with Crippen molar-refractivity contribution in [1.29, 1.82) is 0 Å². The average molecular weight is 364 g/mol. The summed E-state index contributed by atoms with van der Waals surface area (Å²) in [6.07, 6.45) is 4.90. The SMILES string of the molecule is C#C[C@H](O)[C@@H](CO)O[C@H](CF)n1cnc2c(N(C)C3CC3)nc(N)nc21. The van der Waals surface area contributed by atoms with Gasteiger partial charge in [0.15, 0.2) is 23.2 Å². The van der Waals surface area contributed by atoms with Gasteiger partial charge in [-0.2, -0.15) is 9.97 Å². The molecule has 2 aromatic rings. The summed E-state index contributed by atoms with van der Waals surface area (Å²) in [7, 11) is 1.89. The number of fused-ring (bicyclic) bond motifs is 1. The van der Waals surface area contributed by atoms with E-state index in [0.29, 0.717) is 23.0 Å². The number of rotatable bonds is 8. The molecule has 4 N–H and O–H groups in total. The van der Waals surface area contributed by atoms with Gasteiger partial charge in [0, 0.05) is 13.1 Å². The van der Waals surface area contributed by atoms with E-state index in [1.807, 2.05) is 11.9 Å². The van der Waals surface area contributed by atoms with E-state index in [1.54, 1.807) is 0 Å². The van der Waals surface area contributed by atoms with Crippen molar-refractivity contribution in [2.75, 3.05) is 31.0 Å². The lowest BCUT2D eigenvalue weighted by atomic mass is 10.2. The fourth-order valence-corrected chi connectivity index (χ4v) is 2.71. The van der Waals surface area contributed by atoms with E-state index in [-0.39, 0.29) is 5.95 Å². The third-order valence-corrected chi connectivity index (χ3v) is 4.33. The lowest BCUT2D eigenvalue weighted by molar-refractivity contribution is -0.115. The number of alkyl halides is 1. The Hall–Kier alpha value is -2.48. The number of hydrogen-bond acceptors (Lipinski definition) is 8. The molecule has 0 aliphatic heterocycles. The Morgan fingerprint density at radius 2 is 2.27 bits per heavy atom. The molecule has 0 aromatic carbocycles. The predicted molar refractivity (Wildman–Crippen MR) is 93.0 cm³/mol. The second-order valence-electron chi connectivity index (χ2n) is 6.15. The highest BCUT2D eigenvalue weighted by Crippen LogP contribution is 2.33. The quantitative estimate of drug-likeness (QED) is 0.553. The van der Waals surface area contributed by atoms with Gasteiger partial charge in [0.1, 0.15) is 18.9 Å². The average Bonchev–Trinajstić information content (AvgIpc) is 3.42. The van der Waals surface area contributed by atoms with E-state index < -0.39 is 31.7 Å². The van der Waals surface area contributed by atoms with Crippen LogP contribution < -0.4 is 10.6 Å². The molecule has 0 saturated heterocycles. The van der Waals surface area contributed by atoms with Crippen LogP contribution in [0.3, 0.4) is 0 Å². The Labute approximate surface area is 149 Å². The first-order chi connectivity index (χ1) is 12.5. The Bertz CT molecular complexity index is 818. The van der Waals surface area contributed by atoms with Crippen LogP contribution in [0.5, 0.6) is 0 Å². The molecule has 0 amide bonds. The van der Waals surface area contributed by atoms with Crippen LogP contribution >= 0.6 is 0 Å². The highest BCUT2D eigenvalue weighted by molar-refractivity contribution is 5.85. The summed E-state index contributed by atoms with van der Waals surface area (Å²) in [5, 5.41) is 19.0. The molecule has 2 aromatic heterocycles. The van der Waals surface area contributed by atoms with Crippen LogP contribution in [-0.2, 0) is 4.74 Å². The second kappa shape index (κ2) is 7.41. The summed E-state index contributed by atoms with van der Waals surface area (Å²) in [6, 6.07) is 0.371. The smallest absolute Gasteiger partial charge is 0.224 e. The number of aliphatic hydroxyl groups is 2. The Kier molecular flexibility index (Phi) is 5.22. The summed E-state index contributed by atoms with van der Waals surface area (Å²) in [5.41, 5.74) is 6.59. The summed E-state index contributed by atoms with van der Waals surface area (Å²) in [6.45, 7) is -1.52. The lowest BCUT2D eigenvalue weighted by Gasteiger charge is -2.24.